The van der Waals surface area contributed by atoms with E-state index in [0.717, 1.165) is 26.6 Å². The van der Waals surface area contributed by atoms with E-state index in [-0.39, 0.29) is 0 Å². The molecule has 0 bridgehead atoms. The van der Waals surface area contributed by atoms with E-state index in [0.29, 0.717) is 13.2 Å². The van der Waals surface area contributed by atoms with Gasteiger partial charge in [-0.05, 0) is 22.0 Å². The largest absolute Gasteiger partial charge is 0.383 e. The van der Waals surface area contributed by atoms with Crippen molar-refractivity contribution in [2.45, 2.75) is 6.54 Å². The van der Waals surface area contributed by atoms with Crippen molar-refractivity contribution >= 4 is 27.3 Å². The first-order valence-corrected chi connectivity index (χ1v) is 7.03. The van der Waals surface area contributed by atoms with Gasteiger partial charge in [-0.25, -0.2) is 0 Å². The lowest BCUT2D eigenvalue weighted by molar-refractivity contribution is 0.199. The van der Waals surface area contributed by atoms with E-state index in [1.165, 1.54) is 0 Å². The number of hydrogen-bond donors (Lipinski definition) is 1. The van der Waals surface area contributed by atoms with E-state index in [2.05, 4.69) is 36.4 Å². The van der Waals surface area contributed by atoms with Crippen molar-refractivity contribution in [1.82, 2.24) is 20.5 Å². The summed E-state index contributed by atoms with van der Waals surface area (Å²) in [6.07, 6.45) is 3.53. The number of nitrogens with zero attached hydrogens (tertiary/aromatic N) is 3. The molecule has 0 unspecified atom stereocenters. The first-order chi connectivity index (χ1) is 8.79. The molecule has 0 amide bonds. The molecule has 0 saturated carbocycles. The Kier molecular flexibility index (Phi) is 5.18. The maximum absolute atomic E-state index is 4.96. The molecule has 0 spiro atoms. The number of pyridine rings is 1. The van der Waals surface area contributed by atoms with Gasteiger partial charge in [0.15, 0.2) is 0 Å². The minimum atomic E-state index is 0.696. The molecule has 0 aliphatic heterocycles. The van der Waals surface area contributed by atoms with Gasteiger partial charge in [0, 0.05) is 42.6 Å². The summed E-state index contributed by atoms with van der Waals surface area (Å²) < 4.78 is 5.90. The highest BCUT2D eigenvalue weighted by molar-refractivity contribution is 9.10. The van der Waals surface area contributed by atoms with Gasteiger partial charge in [-0.1, -0.05) is 11.3 Å². The second-order valence-electron chi connectivity index (χ2n) is 3.56. The summed E-state index contributed by atoms with van der Waals surface area (Å²) in [6.45, 7) is 2.22. The summed E-state index contributed by atoms with van der Waals surface area (Å²) in [5.74, 6) is 0. The molecule has 0 atom stereocenters. The van der Waals surface area contributed by atoms with Gasteiger partial charge in [0.2, 0.25) is 0 Å². The first-order valence-electron chi connectivity index (χ1n) is 5.42. The molecule has 18 heavy (non-hydrogen) atoms. The number of nitrogens with one attached hydrogen (secondary N) is 1. The van der Waals surface area contributed by atoms with Crippen LogP contribution in [0, 0.1) is 0 Å². The molecule has 2 aromatic rings. The van der Waals surface area contributed by atoms with Crippen LogP contribution in [0.1, 0.15) is 5.01 Å². The molecule has 0 radical (unpaired) electrons. The van der Waals surface area contributed by atoms with E-state index in [1.807, 2.05) is 6.07 Å². The van der Waals surface area contributed by atoms with E-state index < -0.39 is 0 Å². The van der Waals surface area contributed by atoms with Crippen LogP contribution in [0.15, 0.2) is 22.9 Å². The van der Waals surface area contributed by atoms with Crippen molar-refractivity contribution in [3.63, 3.8) is 0 Å². The smallest absolute Gasteiger partial charge is 0.149 e. The van der Waals surface area contributed by atoms with E-state index in [4.69, 9.17) is 4.74 Å². The topological polar surface area (TPSA) is 59.9 Å². The highest BCUT2D eigenvalue weighted by Gasteiger charge is 2.07. The van der Waals surface area contributed by atoms with Crippen LogP contribution < -0.4 is 5.32 Å². The zero-order valence-electron chi connectivity index (χ0n) is 9.89. The molecular weight excluding hydrogens is 316 g/mol. The van der Waals surface area contributed by atoms with Gasteiger partial charge in [-0.3, -0.25) is 4.98 Å². The third-order valence-corrected chi connectivity index (χ3v) is 3.58. The van der Waals surface area contributed by atoms with Gasteiger partial charge in [0.25, 0.3) is 0 Å². The monoisotopic (exact) mass is 328 g/mol. The second-order valence-corrected chi connectivity index (χ2v) is 5.54. The van der Waals surface area contributed by atoms with Crippen LogP contribution in [0.25, 0.3) is 10.6 Å². The van der Waals surface area contributed by atoms with Crippen molar-refractivity contribution in [2.75, 3.05) is 20.3 Å². The average Bonchev–Trinajstić information content (AvgIpc) is 2.83. The van der Waals surface area contributed by atoms with Crippen molar-refractivity contribution in [3.8, 4) is 10.6 Å². The minimum absolute atomic E-state index is 0.696. The summed E-state index contributed by atoms with van der Waals surface area (Å²) in [6, 6.07) is 1.98. The molecule has 0 aromatic carbocycles. The van der Waals surface area contributed by atoms with Gasteiger partial charge in [0.1, 0.15) is 10.0 Å². The fraction of sp³-hybridized carbons (Fsp3) is 0.364. The Morgan fingerprint density at radius 3 is 3.06 bits per heavy atom. The number of rotatable bonds is 6. The van der Waals surface area contributed by atoms with Gasteiger partial charge in [-0.2, -0.15) is 0 Å². The number of hydrogen-bond acceptors (Lipinski definition) is 6. The number of methoxy groups -OCH3 is 1. The summed E-state index contributed by atoms with van der Waals surface area (Å²) >= 11 is 4.96. The fourth-order valence-electron chi connectivity index (χ4n) is 1.34. The quantitative estimate of drug-likeness (QED) is 0.823. The summed E-state index contributed by atoms with van der Waals surface area (Å²) in [5, 5.41) is 13.4. The highest BCUT2D eigenvalue weighted by atomic mass is 79.9. The van der Waals surface area contributed by atoms with Crippen LogP contribution in [0.5, 0.6) is 0 Å². The van der Waals surface area contributed by atoms with Crippen molar-refractivity contribution in [2.24, 2.45) is 0 Å². The second kappa shape index (κ2) is 6.89. The predicted molar refractivity (Wildman–Crippen MR) is 74.4 cm³/mol. The molecular formula is C11H13BrN4OS. The van der Waals surface area contributed by atoms with Crippen molar-refractivity contribution in [1.29, 1.82) is 0 Å². The molecule has 0 fully saturated rings. The molecule has 7 heteroatoms. The van der Waals surface area contributed by atoms with E-state index >= 15 is 0 Å². The molecule has 0 aliphatic rings. The molecule has 2 rings (SSSR count). The molecule has 1 N–H and O–H groups in total. The minimum Gasteiger partial charge on any atom is -0.383 e. The number of ether oxygens (including phenoxy) is 1. The van der Waals surface area contributed by atoms with Crippen LogP contribution in [-0.2, 0) is 11.3 Å². The number of aromatic nitrogens is 3. The molecule has 0 aliphatic carbocycles. The fourth-order valence-corrected chi connectivity index (χ4v) is 2.50. The third-order valence-electron chi connectivity index (χ3n) is 2.18. The zero-order valence-corrected chi connectivity index (χ0v) is 12.3. The molecule has 2 heterocycles. The van der Waals surface area contributed by atoms with E-state index in [9.17, 15) is 0 Å². The Morgan fingerprint density at radius 2 is 2.28 bits per heavy atom. The lowest BCUT2D eigenvalue weighted by atomic mass is 10.3. The van der Waals surface area contributed by atoms with Gasteiger partial charge in [-0.15, -0.1) is 10.2 Å². The summed E-state index contributed by atoms with van der Waals surface area (Å²) in [4.78, 5) is 4.12. The maximum atomic E-state index is 4.96. The SMILES string of the molecule is COCCNCc1nnc(-c2cncc(Br)c2)s1. The van der Waals surface area contributed by atoms with Gasteiger partial charge in [0.05, 0.1) is 6.61 Å². The van der Waals surface area contributed by atoms with Crippen LogP contribution in [0.4, 0.5) is 0 Å². The third kappa shape index (κ3) is 3.81. The first kappa shape index (κ1) is 13.5. The van der Waals surface area contributed by atoms with Gasteiger partial charge >= 0.3 is 0 Å². The number of halogens is 1. The molecule has 96 valence electrons. The highest BCUT2D eigenvalue weighted by Crippen LogP contribution is 2.24. The standard InChI is InChI=1S/C11H13BrN4OS/c1-17-3-2-13-7-10-15-16-11(18-10)8-4-9(12)6-14-5-8/h4-6,13H,2-3,7H2,1H3. The average molecular weight is 329 g/mol. The lowest BCUT2D eigenvalue weighted by Crippen LogP contribution is -2.18. The van der Waals surface area contributed by atoms with Gasteiger partial charge < -0.3 is 10.1 Å². The van der Waals surface area contributed by atoms with Crippen LogP contribution in [0.3, 0.4) is 0 Å². The van der Waals surface area contributed by atoms with Crippen LogP contribution in [-0.4, -0.2) is 35.4 Å². The Labute approximate surface area is 118 Å². The van der Waals surface area contributed by atoms with Crippen molar-refractivity contribution < 1.29 is 4.74 Å². The van der Waals surface area contributed by atoms with Crippen LogP contribution in [0.2, 0.25) is 0 Å². The molecule has 5 nitrogen and oxygen atoms in total. The molecule has 2 aromatic heterocycles. The maximum Gasteiger partial charge on any atom is 0.149 e. The summed E-state index contributed by atoms with van der Waals surface area (Å²) in [5.41, 5.74) is 0.977. The Bertz CT molecular complexity index is 505. The Hall–Kier alpha value is -0.890. The van der Waals surface area contributed by atoms with Crippen molar-refractivity contribution in [3.05, 3.63) is 27.9 Å². The summed E-state index contributed by atoms with van der Waals surface area (Å²) in [7, 11) is 1.69. The molecule has 0 saturated heterocycles. The lowest BCUT2D eigenvalue weighted by Gasteiger charge is -1.99. The van der Waals surface area contributed by atoms with E-state index in [1.54, 1.807) is 30.8 Å². The van der Waals surface area contributed by atoms with Crippen LogP contribution >= 0.6 is 27.3 Å². The Balaban J connectivity index is 1.97. The Morgan fingerprint density at radius 1 is 1.39 bits per heavy atom. The zero-order chi connectivity index (χ0) is 12.8. The normalized spacial score (nSPS) is 10.8. The predicted octanol–water partition coefficient (Wildman–Crippen LogP) is 2.10.